The van der Waals surface area contributed by atoms with Crippen LogP contribution in [0.15, 0.2) is 22.9 Å². The summed E-state index contributed by atoms with van der Waals surface area (Å²) >= 11 is 8.83. The first kappa shape index (κ1) is 15.1. The number of fused-ring (bicyclic) bond motifs is 1. The average molecular weight is 386 g/mol. The summed E-state index contributed by atoms with van der Waals surface area (Å²) in [7, 11) is 0. The van der Waals surface area contributed by atoms with Gasteiger partial charge in [-0.05, 0) is 28.9 Å². The molecule has 0 unspecified atom stereocenters. The fourth-order valence-electron chi connectivity index (χ4n) is 2.38. The number of nitrogens with zero attached hydrogens (tertiary/aromatic N) is 3. The Morgan fingerprint density at radius 3 is 2.95 bits per heavy atom. The highest BCUT2D eigenvalue weighted by Crippen LogP contribution is 2.36. The van der Waals surface area contributed by atoms with Crippen molar-refractivity contribution in [2.75, 3.05) is 5.73 Å². The van der Waals surface area contributed by atoms with Gasteiger partial charge in [-0.15, -0.1) is 0 Å². The highest BCUT2D eigenvalue weighted by atomic mass is 79.9. The van der Waals surface area contributed by atoms with Crippen LogP contribution >= 0.6 is 27.5 Å². The van der Waals surface area contributed by atoms with Gasteiger partial charge in [-0.3, -0.25) is 4.40 Å². The number of hydrogen-bond acceptors (Lipinski definition) is 4. The normalized spacial score (nSPS) is 11.3. The van der Waals surface area contributed by atoms with E-state index in [2.05, 4.69) is 25.9 Å². The number of phenols is 1. The number of benzene rings is 1. The van der Waals surface area contributed by atoms with Gasteiger partial charge in [-0.2, -0.15) is 0 Å². The fourth-order valence-corrected chi connectivity index (χ4v) is 3.19. The molecule has 0 aliphatic rings. The standard InChI is InChI=1S/C14H11BrClFN4O/c1-6-12-14(18)19-2-3-21(12)9(20-6)5-7-4-8(16)11(17)10(15)13(7)22/h2-4,22H,5H2,1H3,(H2,18,19). The molecule has 0 saturated carbocycles. The molecule has 5 nitrogen and oxygen atoms in total. The number of aromatic hydroxyl groups is 1. The maximum Gasteiger partial charge on any atom is 0.159 e. The second kappa shape index (κ2) is 5.40. The summed E-state index contributed by atoms with van der Waals surface area (Å²) in [5.74, 6) is 0.131. The molecule has 0 radical (unpaired) electrons. The predicted molar refractivity (Wildman–Crippen MR) is 85.7 cm³/mol. The number of aromatic nitrogens is 3. The molecular weight excluding hydrogens is 375 g/mol. The van der Waals surface area contributed by atoms with Crippen molar-refractivity contribution in [3.05, 3.63) is 50.9 Å². The van der Waals surface area contributed by atoms with Gasteiger partial charge in [0.15, 0.2) is 5.82 Å². The molecule has 8 heteroatoms. The van der Waals surface area contributed by atoms with Gasteiger partial charge in [0.1, 0.15) is 22.9 Å². The van der Waals surface area contributed by atoms with Crippen LogP contribution in [0, 0.1) is 12.7 Å². The maximum absolute atomic E-state index is 13.6. The molecule has 0 spiro atoms. The average Bonchev–Trinajstić information content (AvgIpc) is 2.80. The molecule has 0 aliphatic heterocycles. The quantitative estimate of drug-likeness (QED) is 0.662. The van der Waals surface area contributed by atoms with Crippen LogP contribution < -0.4 is 5.73 Å². The summed E-state index contributed by atoms with van der Waals surface area (Å²) in [6.07, 6.45) is 3.57. The van der Waals surface area contributed by atoms with Crippen molar-refractivity contribution in [1.29, 1.82) is 0 Å². The number of imidazole rings is 1. The lowest BCUT2D eigenvalue weighted by molar-refractivity contribution is 0.458. The Kier molecular flexibility index (Phi) is 3.70. The van der Waals surface area contributed by atoms with E-state index in [0.717, 1.165) is 5.69 Å². The first-order valence-electron chi connectivity index (χ1n) is 6.33. The van der Waals surface area contributed by atoms with Gasteiger partial charge in [-0.25, -0.2) is 14.4 Å². The first-order chi connectivity index (χ1) is 10.4. The number of nitrogens with two attached hydrogens (primary N) is 1. The van der Waals surface area contributed by atoms with Gasteiger partial charge >= 0.3 is 0 Å². The monoisotopic (exact) mass is 384 g/mol. The molecule has 2 heterocycles. The molecule has 3 rings (SSSR count). The van der Waals surface area contributed by atoms with Crippen LogP contribution in [-0.2, 0) is 6.42 Å². The largest absolute Gasteiger partial charge is 0.506 e. The molecule has 22 heavy (non-hydrogen) atoms. The van der Waals surface area contributed by atoms with E-state index < -0.39 is 5.82 Å². The molecule has 0 atom stereocenters. The van der Waals surface area contributed by atoms with Crippen molar-refractivity contribution >= 4 is 38.9 Å². The van der Waals surface area contributed by atoms with Gasteiger partial charge in [0.25, 0.3) is 0 Å². The highest BCUT2D eigenvalue weighted by molar-refractivity contribution is 9.10. The van der Waals surface area contributed by atoms with Gasteiger partial charge < -0.3 is 10.8 Å². The predicted octanol–water partition coefficient (Wildman–Crippen LogP) is 3.47. The van der Waals surface area contributed by atoms with E-state index in [0.29, 0.717) is 22.7 Å². The van der Waals surface area contributed by atoms with Crippen molar-refractivity contribution in [3.63, 3.8) is 0 Å². The van der Waals surface area contributed by atoms with Crippen LogP contribution in [0.3, 0.4) is 0 Å². The number of anilines is 1. The summed E-state index contributed by atoms with van der Waals surface area (Å²) in [5.41, 5.74) is 7.76. The molecule has 0 bridgehead atoms. The molecule has 0 amide bonds. The van der Waals surface area contributed by atoms with Crippen LogP contribution in [0.25, 0.3) is 5.52 Å². The summed E-state index contributed by atoms with van der Waals surface area (Å²) in [5, 5.41) is 10.0. The van der Waals surface area contributed by atoms with E-state index in [9.17, 15) is 9.50 Å². The van der Waals surface area contributed by atoms with Crippen molar-refractivity contribution in [2.24, 2.45) is 0 Å². The number of rotatable bonds is 2. The van der Waals surface area contributed by atoms with Crippen LogP contribution in [0.4, 0.5) is 10.2 Å². The Morgan fingerprint density at radius 2 is 2.23 bits per heavy atom. The van der Waals surface area contributed by atoms with Gasteiger partial charge in [0.05, 0.1) is 15.2 Å². The number of phenolic OH excluding ortho intramolecular Hbond substituents is 1. The lowest BCUT2D eigenvalue weighted by atomic mass is 10.1. The molecule has 3 aromatic rings. The number of hydrogen-bond donors (Lipinski definition) is 2. The maximum atomic E-state index is 13.6. The van der Waals surface area contributed by atoms with Crippen molar-refractivity contribution in [3.8, 4) is 5.75 Å². The van der Waals surface area contributed by atoms with Gasteiger partial charge in [0.2, 0.25) is 0 Å². The molecule has 0 aliphatic carbocycles. The zero-order valence-electron chi connectivity index (χ0n) is 11.4. The molecule has 2 aromatic heterocycles. The topological polar surface area (TPSA) is 76.4 Å². The lowest BCUT2D eigenvalue weighted by Crippen LogP contribution is -2.00. The Hall–Kier alpha value is -1.86. The highest BCUT2D eigenvalue weighted by Gasteiger charge is 2.18. The molecule has 1 aromatic carbocycles. The third-order valence-electron chi connectivity index (χ3n) is 3.39. The van der Waals surface area contributed by atoms with E-state index in [1.165, 1.54) is 6.07 Å². The second-order valence-electron chi connectivity index (χ2n) is 4.82. The lowest BCUT2D eigenvalue weighted by Gasteiger charge is -2.08. The van der Waals surface area contributed by atoms with E-state index in [1.807, 2.05) is 6.92 Å². The fraction of sp³-hybridized carbons (Fsp3) is 0.143. The zero-order chi connectivity index (χ0) is 16.0. The SMILES string of the molecule is Cc1nc(Cc2cc(Cl)c(F)c(Br)c2O)n2ccnc(N)c12. The summed E-state index contributed by atoms with van der Waals surface area (Å²) < 4.78 is 15.4. The molecule has 0 fully saturated rings. The molecule has 0 saturated heterocycles. The van der Waals surface area contributed by atoms with Gasteiger partial charge in [0, 0.05) is 24.4 Å². The van der Waals surface area contributed by atoms with Crippen LogP contribution in [0.2, 0.25) is 5.02 Å². The Bertz CT molecular complexity index is 896. The number of aryl methyl sites for hydroxylation is 1. The zero-order valence-corrected chi connectivity index (χ0v) is 13.8. The van der Waals surface area contributed by atoms with E-state index in [1.54, 1.807) is 16.8 Å². The minimum atomic E-state index is -0.694. The molecular formula is C14H11BrClFN4O. The molecule has 114 valence electrons. The molecule has 3 N–H and O–H groups in total. The Labute approximate surface area is 138 Å². The third-order valence-corrected chi connectivity index (χ3v) is 4.39. The van der Waals surface area contributed by atoms with Crippen molar-refractivity contribution in [2.45, 2.75) is 13.3 Å². The first-order valence-corrected chi connectivity index (χ1v) is 7.50. The van der Waals surface area contributed by atoms with Crippen LogP contribution in [-0.4, -0.2) is 19.5 Å². The summed E-state index contributed by atoms with van der Waals surface area (Å²) in [6.45, 7) is 1.82. The van der Waals surface area contributed by atoms with Crippen molar-refractivity contribution in [1.82, 2.24) is 14.4 Å². The minimum absolute atomic E-state index is 0.0613. The Balaban J connectivity index is 2.14. The van der Waals surface area contributed by atoms with Crippen molar-refractivity contribution < 1.29 is 9.50 Å². The third kappa shape index (κ3) is 2.30. The van der Waals surface area contributed by atoms with Gasteiger partial charge in [-0.1, -0.05) is 11.6 Å². The second-order valence-corrected chi connectivity index (χ2v) is 6.02. The number of halogens is 3. The van der Waals surface area contributed by atoms with E-state index >= 15 is 0 Å². The number of nitrogen functional groups attached to an aromatic ring is 1. The van der Waals surface area contributed by atoms with E-state index in [4.69, 9.17) is 17.3 Å². The van der Waals surface area contributed by atoms with E-state index in [-0.39, 0.29) is 21.7 Å². The Morgan fingerprint density at radius 1 is 1.50 bits per heavy atom. The van der Waals surface area contributed by atoms with Crippen LogP contribution in [0.5, 0.6) is 5.75 Å². The summed E-state index contributed by atoms with van der Waals surface area (Å²) in [4.78, 5) is 8.48. The summed E-state index contributed by atoms with van der Waals surface area (Å²) in [6, 6.07) is 1.39. The minimum Gasteiger partial charge on any atom is -0.506 e. The smallest absolute Gasteiger partial charge is 0.159 e. The van der Waals surface area contributed by atoms with Crippen LogP contribution in [0.1, 0.15) is 17.1 Å².